The Balaban J connectivity index is 0. The number of halogens is 5. The highest BCUT2D eigenvalue weighted by molar-refractivity contribution is 7.95. The van der Waals surface area contributed by atoms with E-state index in [1.165, 1.54) is 0 Å². The number of alkyl halides is 3. The molecule has 50 valence electrons. The van der Waals surface area contributed by atoms with Crippen molar-refractivity contribution in [2.24, 2.45) is 0 Å². The lowest BCUT2D eigenvalue weighted by Crippen LogP contribution is -1.55. The first kappa shape index (κ1) is 12.2. The SMILES string of the molecule is ClC(Cl)Cl.O=[P+](Cl)Cl. The Morgan fingerprint density at radius 1 is 1.12 bits per heavy atom. The van der Waals surface area contributed by atoms with Crippen LogP contribution >= 0.6 is 63.8 Å². The van der Waals surface area contributed by atoms with Gasteiger partial charge in [0.2, 0.25) is 22.5 Å². The quantitative estimate of drug-likeness (QED) is 0.457. The monoisotopic (exact) mass is 235 g/mol. The fourth-order valence-corrected chi connectivity index (χ4v) is 0. The minimum absolute atomic E-state index is 0.750. The first-order valence-corrected chi connectivity index (χ1v) is 5.55. The Hall–Kier alpha value is 1.55. The van der Waals surface area contributed by atoms with E-state index in [4.69, 9.17) is 39.4 Å². The van der Waals surface area contributed by atoms with Gasteiger partial charge in [-0.3, -0.25) is 0 Å². The molecule has 0 amide bonds. The summed E-state index contributed by atoms with van der Waals surface area (Å²) in [5.41, 5.74) is 0. The molecule has 0 aliphatic rings. The first-order valence-electron chi connectivity index (χ1n) is 1.18. The van der Waals surface area contributed by atoms with Gasteiger partial charge in [0, 0.05) is 0 Å². The zero-order chi connectivity index (χ0) is 7.15. The zero-order valence-corrected chi connectivity index (χ0v) is 8.00. The summed E-state index contributed by atoms with van der Waals surface area (Å²) in [6.45, 7) is -1.93. The summed E-state index contributed by atoms with van der Waals surface area (Å²) in [6, 6.07) is 0. The van der Waals surface area contributed by atoms with Gasteiger partial charge in [-0.2, -0.15) is 0 Å². The summed E-state index contributed by atoms with van der Waals surface area (Å²) >= 11 is 23.5. The lowest BCUT2D eigenvalue weighted by Gasteiger charge is -1.69. The number of hydrogen-bond donors (Lipinski definition) is 0. The topological polar surface area (TPSA) is 17.1 Å². The fourth-order valence-electron chi connectivity index (χ4n) is 0. The van der Waals surface area contributed by atoms with E-state index in [1.807, 2.05) is 0 Å². The Labute approximate surface area is 72.6 Å². The van der Waals surface area contributed by atoms with Gasteiger partial charge in [0.15, 0.2) is 4.30 Å². The van der Waals surface area contributed by atoms with Crippen molar-refractivity contribution in [2.75, 3.05) is 0 Å². The highest BCUT2D eigenvalue weighted by atomic mass is 35.9. The maximum absolute atomic E-state index is 9.12. The predicted octanol–water partition coefficient (Wildman–Crippen LogP) is 4.11. The smallest absolute Gasteiger partial charge is 0.0874 e. The van der Waals surface area contributed by atoms with Crippen LogP contribution in [0.4, 0.5) is 0 Å². The Morgan fingerprint density at radius 2 is 1.12 bits per heavy atom. The van der Waals surface area contributed by atoms with Crippen LogP contribution in [-0.2, 0) is 4.57 Å². The molecule has 7 heteroatoms. The summed E-state index contributed by atoms with van der Waals surface area (Å²) in [7, 11) is 0. The molecule has 0 atom stereocenters. The third kappa shape index (κ3) is 135. The standard InChI is InChI=1S/CHCl3.Cl2OP/c2-1(3)4;1-4(2)3/h1H;/q;+1. The van der Waals surface area contributed by atoms with Crippen molar-refractivity contribution in [3.8, 4) is 0 Å². The first-order chi connectivity index (χ1) is 3.46. The molecule has 8 heavy (non-hydrogen) atoms. The van der Waals surface area contributed by atoms with E-state index >= 15 is 0 Å². The van der Waals surface area contributed by atoms with Crippen LogP contribution in [-0.4, -0.2) is 4.30 Å². The Kier molecular flexibility index (Phi) is 13.1. The second kappa shape index (κ2) is 8.55. The van der Waals surface area contributed by atoms with Gasteiger partial charge in [0.1, 0.15) is 0 Å². The van der Waals surface area contributed by atoms with Gasteiger partial charge in [-0.1, -0.05) is 34.8 Å². The molecule has 0 rings (SSSR count). The van der Waals surface area contributed by atoms with Crippen LogP contribution in [0.3, 0.4) is 0 Å². The molecule has 0 spiro atoms. The molecule has 0 aromatic heterocycles. The average Bonchev–Trinajstić information content (AvgIpc) is 1.25. The lowest BCUT2D eigenvalue weighted by atomic mass is 11.9. The highest BCUT2D eigenvalue weighted by Crippen LogP contribution is 2.31. The van der Waals surface area contributed by atoms with Crippen molar-refractivity contribution in [1.29, 1.82) is 0 Å². The molecule has 0 N–H and O–H groups in total. The van der Waals surface area contributed by atoms with E-state index in [9.17, 15) is 0 Å². The molecule has 0 bridgehead atoms. The molecule has 1 nitrogen and oxygen atoms in total. The molecular formula is CHCl5OP+. The normalized spacial score (nSPS) is 7.75. The van der Waals surface area contributed by atoms with Crippen LogP contribution in [0.15, 0.2) is 0 Å². The van der Waals surface area contributed by atoms with E-state index in [1.54, 1.807) is 0 Å². The Bertz CT molecular complexity index is 56.7. The van der Waals surface area contributed by atoms with Crippen LogP contribution in [0.25, 0.3) is 0 Å². The lowest BCUT2D eigenvalue weighted by molar-refractivity contribution is 0.602. The molecule has 0 aromatic carbocycles. The molecule has 0 saturated carbocycles. The molecule has 0 fully saturated rings. The van der Waals surface area contributed by atoms with Crippen LogP contribution in [0, 0.1) is 0 Å². The van der Waals surface area contributed by atoms with Gasteiger partial charge in [0.05, 0.1) is 0 Å². The fraction of sp³-hybridized carbons (Fsp3) is 1.00. The van der Waals surface area contributed by atoms with Crippen LogP contribution in [0.1, 0.15) is 0 Å². The predicted molar refractivity (Wildman–Crippen MR) is 40.7 cm³/mol. The Morgan fingerprint density at radius 3 is 1.12 bits per heavy atom. The molecule has 0 aliphatic carbocycles. The van der Waals surface area contributed by atoms with Crippen molar-refractivity contribution >= 4 is 63.8 Å². The number of rotatable bonds is 0. The molecule has 0 aromatic rings. The van der Waals surface area contributed by atoms with Crippen molar-refractivity contribution in [3.63, 3.8) is 0 Å². The largest absolute Gasteiger partial charge is 0.575 e. The van der Waals surface area contributed by atoms with Gasteiger partial charge < -0.3 is 0 Å². The molecule has 0 unspecified atom stereocenters. The van der Waals surface area contributed by atoms with E-state index < -0.39 is 10.8 Å². The summed E-state index contributed by atoms with van der Waals surface area (Å²) in [6.07, 6.45) is 0. The van der Waals surface area contributed by atoms with E-state index in [-0.39, 0.29) is 0 Å². The number of hydrogen-bond acceptors (Lipinski definition) is 1. The molecular weight excluding hydrogens is 236 g/mol. The molecule has 0 saturated heterocycles. The van der Waals surface area contributed by atoms with E-state index in [2.05, 4.69) is 22.5 Å². The van der Waals surface area contributed by atoms with Crippen molar-refractivity contribution in [1.82, 2.24) is 0 Å². The average molecular weight is 237 g/mol. The van der Waals surface area contributed by atoms with Crippen LogP contribution in [0.2, 0.25) is 0 Å². The van der Waals surface area contributed by atoms with Gasteiger partial charge in [-0.15, -0.1) is 0 Å². The maximum atomic E-state index is 9.12. The third-order valence-electron chi connectivity index (χ3n) is 0. The summed E-state index contributed by atoms with van der Waals surface area (Å²) in [5.74, 6) is 0. The van der Waals surface area contributed by atoms with Crippen LogP contribution < -0.4 is 0 Å². The van der Waals surface area contributed by atoms with Crippen molar-refractivity contribution in [3.05, 3.63) is 0 Å². The second-order valence-corrected chi connectivity index (χ2v) is 5.19. The summed E-state index contributed by atoms with van der Waals surface area (Å²) in [4.78, 5) is 0. The van der Waals surface area contributed by atoms with Crippen molar-refractivity contribution in [2.45, 2.75) is 4.30 Å². The molecule has 0 aliphatic heterocycles. The van der Waals surface area contributed by atoms with E-state index in [0.717, 1.165) is 0 Å². The summed E-state index contributed by atoms with van der Waals surface area (Å²) < 4.78 is 8.37. The molecule has 0 heterocycles. The highest BCUT2D eigenvalue weighted by Gasteiger charge is 1.97. The minimum atomic E-state index is -1.93. The van der Waals surface area contributed by atoms with Crippen LogP contribution in [0.5, 0.6) is 0 Å². The van der Waals surface area contributed by atoms with E-state index in [0.29, 0.717) is 0 Å². The second-order valence-electron chi connectivity index (χ2n) is 0.449. The van der Waals surface area contributed by atoms with Gasteiger partial charge in [-0.25, -0.2) is 0 Å². The van der Waals surface area contributed by atoms with Gasteiger partial charge >= 0.3 is 6.51 Å². The molecule has 0 radical (unpaired) electrons. The maximum Gasteiger partial charge on any atom is 0.575 e. The van der Waals surface area contributed by atoms with Gasteiger partial charge in [0.25, 0.3) is 0 Å². The zero-order valence-electron chi connectivity index (χ0n) is 3.32. The van der Waals surface area contributed by atoms with Crippen molar-refractivity contribution < 1.29 is 4.57 Å². The minimum Gasteiger partial charge on any atom is -0.0874 e. The van der Waals surface area contributed by atoms with Gasteiger partial charge in [-0.05, 0) is 4.57 Å². The summed E-state index contributed by atoms with van der Waals surface area (Å²) in [5, 5.41) is 0. The third-order valence-corrected chi connectivity index (χ3v) is 0.